The van der Waals surface area contributed by atoms with Crippen LogP contribution in [-0.2, 0) is 16.0 Å². The molecule has 0 unspecified atom stereocenters. The zero-order chi connectivity index (χ0) is 19.3. The predicted molar refractivity (Wildman–Crippen MR) is 96.8 cm³/mol. The number of aliphatic carboxylic acids is 1. The smallest absolute Gasteiger partial charge is 0.326 e. The molecule has 1 amide bonds. The number of nitrogens with one attached hydrogen (secondary N) is 1. The summed E-state index contributed by atoms with van der Waals surface area (Å²) in [6.45, 7) is 1.26. The van der Waals surface area contributed by atoms with Crippen LogP contribution in [-0.4, -0.2) is 29.0 Å². The number of carbonyl (C=O) groups excluding carboxylic acids is 2. The first kappa shape index (κ1) is 19.8. The standard InChI is InChI=1S/C18H15Cl2NO5/c1-10(22)26-14-6-3-11(4-7-14)17(23)21-16(18(24)25)8-12-2-5-13(19)9-15(12)20/h2-7,9,16H,8H2,1H3,(H,21,23)(H,24,25)/t16-/m0/s1. The average Bonchev–Trinajstić information content (AvgIpc) is 2.56. The van der Waals surface area contributed by atoms with Crippen LogP contribution in [0.3, 0.4) is 0 Å². The molecule has 26 heavy (non-hydrogen) atoms. The maximum absolute atomic E-state index is 12.3. The number of halogens is 2. The molecule has 0 bridgehead atoms. The van der Waals surface area contributed by atoms with Gasteiger partial charge < -0.3 is 15.2 Å². The molecule has 0 fully saturated rings. The highest BCUT2D eigenvalue weighted by Crippen LogP contribution is 2.22. The molecule has 0 radical (unpaired) electrons. The molecule has 2 rings (SSSR count). The number of benzene rings is 2. The lowest BCUT2D eigenvalue weighted by Gasteiger charge is -2.16. The summed E-state index contributed by atoms with van der Waals surface area (Å²) in [6, 6.07) is 9.30. The predicted octanol–water partition coefficient (Wildman–Crippen LogP) is 3.34. The van der Waals surface area contributed by atoms with Gasteiger partial charge in [0.15, 0.2) is 0 Å². The number of ether oxygens (including phenoxy) is 1. The topological polar surface area (TPSA) is 92.7 Å². The molecule has 0 spiro atoms. The van der Waals surface area contributed by atoms with E-state index in [1.165, 1.54) is 37.3 Å². The van der Waals surface area contributed by atoms with Crippen molar-refractivity contribution in [2.75, 3.05) is 0 Å². The van der Waals surface area contributed by atoms with Gasteiger partial charge in [-0.3, -0.25) is 9.59 Å². The van der Waals surface area contributed by atoms with Crippen molar-refractivity contribution >= 4 is 41.0 Å². The van der Waals surface area contributed by atoms with Gasteiger partial charge in [-0.05, 0) is 42.0 Å². The zero-order valence-corrected chi connectivity index (χ0v) is 15.2. The number of hydrogen-bond acceptors (Lipinski definition) is 4. The Kier molecular flexibility index (Phi) is 6.60. The van der Waals surface area contributed by atoms with Crippen LogP contribution in [0, 0.1) is 0 Å². The lowest BCUT2D eigenvalue weighted by Crippen LogP contribution is -2.42. The maximum Gasteiger partial charge on any atom is 0.326 e. The van der Waals surface area contributed by atoms with Gasteiger partial charge in [0.2, 0.25) is 0 Å². The van der Waals surface area contributed by atoms with E-state index in [1.807, 2.05) is 0 Å². The fraction of sp³-hybridized carbons (Fsp3) is 0.167. The highest BCUT2D eigenvalue weighted by atomic mass is 35.5. The van der Waals surface area contributed by atoms with Gasteiger partial charge in [0, 0.05) is 29.0 Å². The van der Waals surface area contributed by atoms with E-state index in [1.54, 1.807) is 12.1 Å². The van der Waals surface area contributed by atoms with Gasteiger partial charge in [-0.2, -0.15) is 0 Å². The Morgan fingerprint density at radius 2 is 1.77 bits per heavy atom. The number of amides is 1. The summed E-state index contributed by atoms with van der Waals surface area (Å²) in [6.07, 6.45) is 0.00259. The van der Waals surface area contributed by atoms with Crippen LogP contribution in [0.4, 0.5) is 0 Å². The van der Waals surface area contributed by atoms with Gasteiger partial charge in [0.25, 0.3) is 5.91 Å². The molecule has 1 atom stereocenters. The largest absolute Gasteiger partial charge is 0.480 e. The van der Waals surface area contributed by atoms with Gasteiger partial charge in [-0.1, -0.05) is 29.3 Å². The average molecular weight is 396 g/mol. The van der Waals surface area contributed by atoms with Crippen LogP contribution in [0.25, 0.3) is 0 Å². The summed E-state index contributed by atoms with van der Waals surface area (Å²) in [5.74, 6) is -1.96. The van der Waals surface area contributed by atoms with Crippen molar-refractivity contribution in [3.63, 3.8) is 0 Å². The highest BCUT2D eigenvalue weighted by Gasteiger charge is 2.22. The molecule has 2 aromatic rings. The molecule has 0 aliphatic carbocycles. The zero-order valence-electron chi connectivity index (χ0n) is 13.7. The third-order valence-electron chi connectivity index (χ3n) is 3.42. The Labute approximate surface area is 159 Å². The van der Waals surface area contributed by atoms with Crippen molar-refractivity contribution < 1.29 is 24.2 Å². The van der Waals surface area contributed by atoms with E-state index in [4.69, 9.17) is 27.9 Å². The summed E-state index contributed by atoms with van der Waals surface area (Å²) in [7, 11) is 0. The fourth-order valence-electron chi connectivity index (χ4n) is 2.19. The van der Waals surface area contributed by atoms with Crippen molar-refractivity contribution in [3.05, 3.63) is 63.6 Å². The van der Waals surface area contributed by atoms with Crippen LogP contribution in [0.15, 0.2) is 42.5 Å². The molecule has 0 aliphatic heterocycles. The molecule has 0 saturated carbocycles. The van der Waals surface area contributed by atoms with Crippen molar-refractivity contribution in [2.24, 2.45) is 0 Å². The lowest BCUT2D eigenvalue weighted by atomic mass is 10.1. The van der Waals surface area contributed by atoms with Crippen molar-refractivity contribution in [3.8, 4) is 5.75 Å². The van der Waals surface area contributed by atoms with Crippen LogP contribution >= 0.6 is 23.2 Å². The van der Waals surface area contributed by atoms with E-state index in [-0.39, 0.29) is 17.7 Å². The second-order valence-corrected chi connectivity index (χ2v) is 6.27. The number of esters is 1. The SMILES string of the molecule is CC(=O)Oc1ccc(C(=O)N[C@@H](Cc2ccc(Cl)cc2Cl)C(=O)O)cc1. The Hall–Kier alpha value is -2.57. The van der Waals surface area contributed by atoms with Crippen molar-refractivity contribution in [1.82, 2.24) is 5.32 Å². The Bertz CT molecular complexity index is 836. The first-order valence-corrected chi connectivity index (χ1v) is 8.28. The van der Waals surface area contributed by atoms with Gasteiger partial charge in [0.05, 0.1) is 0 Å². The summed E-state index contributed by atoms with van der Waals surface area (Å²) in [5, 5.41) is 12.6. The van der Waals surface area contributed by atoms with E-state index < -0.39 is 23.9 Å². The molecule has 6 nitrogen and oxygen atoms in total. The number of carboxylic acids is 1. The first-order chi connectivity index (χ1) is 12.3. The van der Waals surface area contributed by atoms with Gasteiger partial charge in [-0.15, -0.1) is 0 Å². The van der Waals surface area contributed by atoms with Gasteiger partial charge in [0.1, 0.15) is 11.8 Å². The Morgan fingerprint density at radius 3 is 2.31 bits per heavy atom. The molecule has 0 aliphatic rings. The second-order valence-electron chi connectivity index (χ2n) is 5.42. The minimum Gasteiger partial charge on any atom is -0.480 e. The molecule has 136 valence electrons. The van der Waals surface area contributed by atoms with E-state index >= 15 is 0 Å². The number of carbonyl (C=O) groups is 3. The molecular formula is C18H15Cl2NO5. The quantitative estimate of drug-likeness (QED) is 0.577. The van der Waals surface area contributed by atoms with Crippen molar-refractivity contribution in [2.45, 2.75) is 19.4 Å². The second kappa shape index (κ2) is 8.69. The molecule has 0 saturated heterocycles. The number of rotatable bonds is 6. The Balaban J connectivity index is 2.10. The first-order valence-electron chi connectivity index (χ1n) is 7.52. The van der Waals surface area contributed by atoms with Crippen LogP contribution in [0.5, 0.6) is 5.75 Å². The molecule has 2 aromatic carbocycles. The van der Waals surface area contributed by atoms with E-state index in [0.717, 1.165) is 0 Å². The van der Waals surface area contributed by atoms with Crippen LogP contribution in [0.2, 0.25) is 10.0 Å². The molecule has 0 heterocycles. The molecule has 2 N–H and O–H groups in total. The summed E-state index contributed by atoms with van der Waals surface area (Å²) < 4.78 is 4.88. The fourth-order valence-corrected chi connectivity index (χ4v) is 2.67. The summed E-state index contributed by atoms with van der Waals surface area (Å²) in [4.78, 5) is 34.7. The van der Waals surface area contributed by atoms with Gasteiger partial charge in [-0.25, -0.2) is 4.79 Å². The minimum absolute atomic E-state index is 0.00259. The molecule has 8 heteroatoms. The third kappa shape index (κ3) is 5.47. The molecular weight excluding hydrogens is 381 g/mol. The molecule has 0 aromatic heterocycles. The van der Waals surface area contributed by atoms with Crippen molar-refractivity contribution in [1.29, 1.82) is 0 Å². The third-order valence-corrected chi connectivity index (χ3v) is 4.01. The minimum atomic E-state index is -1.19. The maximum atomic E-state index is 12.3. The summed E-state index contributed by atoms with van der Waals surface area (Å²) >= 11 is 11.9. The monoisotopic (exact) mass is 395 g/mol. The van der Waals surface area contributed by atoms with Crippen LogP contribution in [0.1, 0.15) is 22.8 Å². The number of carboxylic acid groups (broad SMARTS) is 1. The van der Waals surface area contributed by atoms with E-state index in [0.29, 0.717) is 15.6 Å². The van der Waals surface area contributed by atoms with E-state index in [2.05, 4.69) is 5.32 Å². The normalized spacial score (nSPS) is 11.5. The lowest BCUT2D eigenvalue weighted by molar-refractivity contribution is -0.139. The number of hydrogen-bond donors (Lipinski definition) is 2. The van der Waals surface area contributed by atoms with Gasteiger partial charge >= 0.3 is 11.9 Å². The van der Waals surface area contributed by atoms with E-state index in [9.17, 15) is 19.5 Å². The highest BCUT2D eigenvalue weighted by molar-refractivity contribution is 6.35. The van der Waals surface area contributed by atoms with Crippen LogP contribution < -0.4 is 10.1 Å². The summed E-state index contributed by atoms with van der Waals surface area (Å²) in [5.41, 5.74) is 0.781. The Morgan fingerprint density at radius 1 is 1.12 bits per heavy atom.